The number of nitrogens with zero attached hydrogens (tertiary/aromatic N) is 3. The minimum atomic E-state index is -3.41. The van der Waals surface area contributed by atoms with E-state index in [4.69, 9.17) is 9.72 Å². The lowest BCUT2D eigenvalue weighted by Gasteiger charge is -2.21. The Balaban J connectivity index is 2.05. The van der Waals surface area contributed by atoms with Crippen LogP contribution >= 0.6 is 11.3 Å². The third-order valence-corrected chi connectivity index (χ3v) is 8.14. The number of aromatic nitrogens is 1. The molecule has 9 heteroatoms. The largest absolute Gasteiger partial charge is 0.494 e. The zero-order chi connectivity index (χ0) is 23.5. The number of hydrogen-bond acceptors (Lipinski definition) is 7. The van der Waals surface area contributed by atoms with Gasteiger partial charge in [-0.2, -0.15) is 0 Å². The Morgan fingerprint density at radius 1 is 1.16 bits per heavy atom. The van der Waals surface area contributed by atoms with Gasteiger partial charge in [0.1, 0.15) is 11.3 Å². The number of aryl methyl sites for hydroxylation is 1. The zero-order valence-corrected chi connectivity index (χ0v) is 20.7. The van der Waals surface area contributed by atoms with Crippen LogP contribution in [0.15, 0.2) is 41.3 Å². The summed E-state index contributed by atoms with van der Waals surface area (Å²) in [5, 5.41) is 0.570. The Bertz CT molecular complexity index is 1220. The lowest BCUT2D eigenvalue weighted by atomic mass is 10.2. The number of methoxy groups -OCH3 is 1. The zero-order valence-electron chi connectivity index (χ0n) is 19.1. The summed E-state index contributed by atoms with van der Waals surface area (Å²) in [7, 11) is 2.15. The van der Waals surface area contributed by atoms with Crippen LogP contribution in [0, 0.1) is 6.92 Å². The number of thiazole rings is 1. The molecular weight excluding hydrogens is 446 g/mol. The van der Waals surface area contributed by atoms with E-state index in [0.29, 0.717) is 23.0 Å². The molecule has 3 aromatic rings. The van der Waals surface area contributed by atoms with Crippen LogP contribution in [0.25, 0.3) is 10.2 Å². The summed E-state index contributed by atoms with van der Waals surface area (Å²) in [6.45, 7) is 4.86. The molecule has 0 fully saturated rings. The van der Waals surface area contributed by atoms with Crippen LogP contribution in [0.2, 0.25) is 0 Å². The molecule has 0 aliphatic heterocycles. The first-order valence-corrected chi connectivity index (χ1v) is 12.9. The molecule has 0 saturated carbocycles. The van der Waals surface area contributed by atoms with E-state index >= 15 is 0 Å². The maximum absolute atomic E-state index is 13.6. The van der Waals surface area contributed by atoms with Crippen LogP contribution in [0.1, 0.15) is 29.3 Å². The molecule has 0 aliphatic carbocycles. The van der Waals surface area contributed by atoms with E-state index in [-0.39, 0.29) is 16.6 Å². The summed E-state index contributed by atoms with van der Waals surface area (Å²) >= 11 is 1.44. The Hall–Kier alpha value is -2.49. The molecule has 0 atom stereocenters. The van der Waals surface area contributed by atoms with Gasteiger partial charge in [-0.1, -0.05) is 30.4 Å². The van der Waals surface area contributed by atoms with Gasteiger partial charge in [0.15, 0.2) is 15.0 Å². The number of benzene rings is 2. The third-order valence-electron chi connectivity index (χ3n) is 5.20. The summed E-state index contributed by atoms with van der Waals surface area (Å²) in [5.74, 6) is 0.367. The number of anilines is 1. The van der Waals surface area contributed by atoms with Gasteiger partial charge in [-0.05, 0) is 63.8 Å². The van der Waals surface area contributed by atoms with Crippen molar-refractivity contribution in [2.45, 2.75) is 25.2 Å². The van der Waals surface area contributed by atoms with E-state index in [1.54, 1.807) is 31.1 Å². The topological polar surface area (TPSA) is 79.8 Å². The van der Waals surface area contributed by atoms with E-state index in [9.17, 15) is 13.2 Å². The predicted octanol–water partition coefficient (Wildman–Crippen LogP) is 4.01. The highest BCUT2D eigenvalue weighted by Crippen LogP contribution is 2.37. The molecule has 32 heavy (non-hydrogen) atoms. The van der Waals surface area contributed by atoms with Gasteiger partial charge >= 0.3 is 0 Å². The highest BCUT2D eigenvalue weighted by Gasteiger charge is 2.24. The number of hydrogen-bond donors (Lipinski definition) is 0. The van der Waals surface area contributed by atoms with Crippen molar-refractivity contribution in [3.05, 3.63) is 47.5 Å². The van der Waals surface area contributed by atoms with E-state index < -0.39 is 9.84 Å². The van der Waals surface area contributed by atoms with Gasteiger partial charge in [0.25, 0.3) is 5.91 Å². The number of carbonyl (C=O) groups excluding carboxylic acids is 1. The lowest BCUT2D eigenvalue weighted by molar-refractivity contribution is 0.0986. The van der Waals surface area contributed by atoms with Gasteiger partial charge in [-0.25, -0.2) is 13.4 Å². The first kappa shape index (κ1) is 24.2. The number of carbonyl (C=O) groups is 1. The van der Waals surface area contributed by atoms with Crippen molar-refractivity contribution in [2.75, 3.05) is 44.9 Å². The summed E-state index contributed by atoms with van der Waals surface area (Å²) in [4.78, 5) is 22.2. The van der Waals surface area contributed by atoms with Crippen molar-refractivity contribution in [1.29, 1.82) is 0 Å². The number of sulfone groups is 1. The van der Waals surface area contributed by atoms with Crippen LogP contribution in [-0.4, -0.2) is 64.3 Å². The molecule has 1 heterocycles. The van der Waals surface area contributed by atoms with Crippen LogP contribution in [0.4, 0.5) is 5.13 Å². The summed E-state index contributed by atoms with van der Waals surface area (Å²) in [6, 6.07) is 10.1. The summed E-state index contributed by atoms with van der Waals surface area (Å²) in [5.41, 5.74) is 2.11. The second-order valence-corrected chi connectivity index (χ2v) is 11.1. The average Bonchev–Trinajstić information content (AvgIpc) is 3.22. The van der Waals surface area contributed by atoms with E-state index in [1.807, 2.05) is 33.2 Å². The quantitative estimate of drug-likeness (QED) is 0.465. The Labute approximate surface area is 193 Å². The van der Waals surface area contributed by atoms with Crippen molar-refractivity contribution in [1.82, 2.24) is 9.88 Å². The average molecular weight is 476 g/mol. The molecule has 0 bridgehead atoms. The fourth-order valence-corrected chi connectivity index (χ4v) is 5.35. The van der Waals surface area contributed by atoms with Gasteiger partial charge < -0.3 is 9.64 Å². The van der Waals surface area contributed by atoms with Crippen LogP contribution in [0.5, 0.6) is 5.75 Å². The molecule has 3 rings (SSSR count). The molecule has 7 nitrogen and oxygen atoms in total. The van der Waals surface area contributed by atoms with E-state index in [2.05, 4.69) is 4.90 Å². The van der Waals surface area contributed by atoms with E-state index in [1.165, 1.54) is 23.5 Å². The Morgan fingerprint density at radius 3 is 2.56 bits per heavy atom. The summed E-state index contributed by atoms with van der Waals surface area (Å²) in [6.07, 6.45) is 0.748. The van der Waals surface area contributed by atoms with Crippen molar-refractivity contribution in [3.63, 3.8) is 0 Å². The fraction of sp³-hybridized carbons (Fsp3) is 0.391. The standard InChI is InChI=1S/C23H29N3O4S2/c1-6-32(28,29)18-10-7-9-17(15-18)22(27)26(14-8-13-25(3)4)23-24-20-19(30-5)12-11-16(2)21(20)31-23/h7,9-12,15H,6,8,13-14H2,1-5H3. The first-order valence-electron chi connectivity index (χ1n) is 10.4. The van der Waals surface area contributed by atoms with Crippen molar-refractivity contribution in [3.8, 4) is 5.75 Å². The highest BCUT2D eigenvalue weighted by atomic mass is 32.2. The molecule has 0 unspecified atom stereocenters. The van der Waals surface area contributed by atoms with E-state index in [0.717, 1.165) is 28.7 Å². The molecule has 2 aromatic carbocycles. The molecule has 1 aromatic heterocycles. The summed E-state index contributed by atoms with van der Waals surface area (Å²) < 4.78 is 31.1. The first-order chi connectivity index (χ1) is 15.2. The molecule has 0 aliphatic rings. The van der Waals surface area contributed by atoms with Gasteiger partial charge in [-0.3, -0.25) is 9.69 Å². The molecule has 0 spiro atoms. The van der Waals surface area contributed by atoms with Gasteiger partial charge in [0.05, 0.1) is 22.5 Å². The minimum Gasteiger partial charge on any atom is -0.494 e. The third kappa shape index (κ3) is 5.11. The molecule has 1 amide bonds. The lowest BCUT2D eigenvalue weighted by Crippen LogP contribution is -2.33. The molecule has 0 radical (unpaired) electrons. The highest BCUT2D eigenvalue weighted by molar-refractivity contribution is 7.91. The van der Waals surface area contributed by atoms with Crippen LogP contribution < -0.4 is 9.64 Å². The Kier molecular flexibility index (Phi) is 7.53. The fourth-order valence-electron chi connectivity index (χ4n) is 3.35. The number of ether oxygens (including phenoxy) is 1. The Morgan fingerprint density at radius 2 is 1.91 bits per heavy atom. The van der Waals surface area contributed by atoms with Gasteiger partial charge in [0.2, 0.25) is 0 Å². The maximum Gasteiger partial charge on any atom is 0.260 e. The minimum absolute atomic E-state index is 0.0197. The monoisotopic (exact) mass is 475 g/mol. The molecule has 0 saturated heterocycles. The molecule has 172 valence electrons. The van der Waals surface area contributed by atoms with Crippen molar-refractivity contribution >= 4 is 42.4 Å². The molecular formula is C23H29N3O4S2. The number of fused-ring (bicyclic) bond motifs is 1. The molecule has 0 N–H and O–H groups in total. The second-order valence-electron chi connectivity index (χ2n) is 7.80. The van der Waals surface area contributed by atoms with Gasteiger partial charge in [0, 0.05) is 12.1 Å². The second kappa shape index (κ2) is 9.97. The van der Waals surface area contributed by atoms with Crippen molar-refractivity contribution in [2.24, 2.45) is 0 Å². The van der Waals surface area contributed by atoms with Crippen LogP contribution in [0.3, 0.4) is 0 Å². The number of rotatable bonds is 9. The maximum atomic E-state index is 13.6. The predicted molar refractivity (Wildman–Crippen MR) is 130 cm³/mol. The van der Waals surface area contributed by atoms with Crippen LogP contribution in [-0.2, 0) is 9.84 Å². The van der Waals surface area contributed by atoms with Gasteiger partial charge in [-0.15, -0.1) is 0 Å². The smallest absolute Gasteiger partial charge is 0.260 e. The number of amides is 1. The SMILES string of the molecule is CCS(=O)(=O)c1cccc(C(=O)N(CCCN(C)C)c2nc3c(OC)ccc(C)c3s2)c1. The van der Waals surface area contributed by atoms with Crippen molar-refractivity contribution < 1.29 is 17.9 Å². The normalized spacial score (nSPS) is 11.8.